The first-order valence-electron chi connectivity index (χ1n) is 3.00. The molecular weight excluding hydrogens is 114 g/mol. The van der Waals surface area contributed by atoms with Gasteiger partial charge in [-0.1, -0.05) is 13.8 Å². The minimum Gasteiger partial charge on any atom is -0.338 e. The van der Waals surface area contributed by atoms with E-state index < -0.39 is 0 Å². The van der Waals surface area contributed by atoms with E-state index in [1.807, 2.05) is 0 Å². The molecule has 50 valence electrons. The zero-order valence-corrected chi connectivity index (χ0v) is 5.70. The van der Waals surface area contributed by atoms with Crippen LogP contribution in [0.2, 0.25) is 0 Å². The van der Waals surface area contributed by atoms with Crippen molar-refractivity contribution in [1.82, 2.24) is 9.66 Å². The van der Waals surface area contributed by atoms with Crippen LogP contribution in [0.25, 0.3) is 0 Å². The molecule has 9 heavy (non-hydrogen) atoms. The van der Waals surface area contributed by atoms with Gasteiger partial charge in [-0.05, 0) is 0 Å². The maximum atomic E-state index is 5.50. The lowest BCUT2D eigenvalue weighted by molar-refractivity contribution is 0.736. The van der Waals surface area contributed by atoms with Gasteiger partial charge in [-0.3, -0.25) is 4.68 Å². The zero-order chi connectivity index (χ0) is 6.85. The molecule has 0 spiro atoms. The highest BCUT2D eigenvalue weighted by atomic mass is 15.3. The summed E-state index contributed by atoms with van der Waals surface area (Å²) in [6, 6.07) is 0. The van der Waals surface area contributed by atoms with Gasteiger partial charge in [0.25, 0.3) is 0 Å². The Bertz CT molecular complexity index is 190. The minimum atomic E-state index is 0.407. The third-order valence-electron chi connectivity index (χ3n) is 1.22. The van der Waals surface area contributed by atoms with Crippen molar-refractivity contribution in [3.63, 3.8) is 0 Å². The van der Waals surface area contributed by atoms with Crippen LogP contribution < -0.4 is 5.84 Å². The number of nitrogen functional groups attached to an aromatic ring is 1. The van der Waals surface area contributed by atoms with E-state index in [1.165, 1.54) is 0 Å². The lowest BCUT2D eigenvalue weighted by atomic mass is 10.2. The fourth-order valence-corrected chi connectivity index (χ4v) is 0.772. The second-order valence-corrected chi connectivity index (χ2v) is 2.35. The van der Waals surface area contributed by atoms with Gasteiger partial charge in [0.2, 0.25) is 0 Å². The van der Waals surface area contributed by atoms with Crippen LogP contribution in [-0.4, -0.2) is 9.66 Å². The molecule has 0 bridgehead atoms. The molecule has 0 saturated heterocycles. The predicted molar refractivity (Wildman–Crippen MR) is 36.5 cm³/mol. The molecule has 0 aliphatic carbocycles. The molecule has 0 aromatic carbocycles. The Morgan fingerprint density at radius 2 is 2.33 bits per heavy atom. The molecule has 0 atom stereocenters. The van der Waals surface area contributed by atoms with Gasteiger partial charge in [-0.25, -0.2) is 4.98 Å². The van der Waals surface area contributed by atoms with Crippen LogP contribution in [0.4, 0.5) is 0 Å². The van der Waals surface area contributed by atoms with Crippen molar-refractivity contribution in [2.45, 2.75) is 19.8 Å². The van der Waals surface area contributed by atoms with E-state index in [0.29, 0.717) is 5.92 Å². The van der Waals surface area contributed by atoms with E-state index in [0.717, 1.165) is 5.82 Å². The smallest absolute Gasteiger partial charge is 0.129 e. The summed E-state index contributed by atoms with van der Waals surface area (Å²) < 4.78 is 1.55. The first-order valence-corrected chi connectivity index (χ1v) is 3.00. The van der Waals surface area contributed by atoms with Crippen LogP contribution in [0.5, 0.6) is 0 Å². The van der Waals surface area contributed by atoms with Crippen molar-refractivity contribution in [2.75, 3.05) is 5.84 Å². The monoisotopic (exact) mass is 125 g/mol. The molecule has 2 N–H and O–H groups in total. The molecule has 3 heteroatoms. The van der Waals surface area contributed by atoms with E-state index in [9.17, 15) is 0 Å². The molecule has 0 unspecified atom stereocenters. The molecule has 3 nitrogen and oxygen atoms in total. The standard InChI is InChI=1S/C6H11N3/c1-5(2)6-8-3-4-9(6)7/h3-5H,7H2,1-2H3. The van der Waals surface area contributed by atoms with Crippen LogP contribution in [0.3, 0.4) is 0 Å². The number of imidazole rings is 1. The first kappa shape index (κ1) is 6.13. The topological polar surface area (TPSA) is 43.8 Å². The summed E-state index contributed by atoms with van der Waals surface area (Å²) in [6.07, 6.45) is 3.45. The molecule has 0 saturated carbocycles. The number of rotatable bonds is 1. The average Bonchev–Trinajstić information content (AvgIpc) is 2.13. The third-order valence-corrected chi connectivity index (χ3v) is 1.22. The fourth-order valence-electron chi connectivity index (χ4n) is 0.772. The summed E-state index contributed by atoms with van der Waals surface area (Å²) in [5.41, 5.74) is 0. The van der Waals surface area contributed by atoms with Gasteiger partial charge in [0.1, 0.15) is 5.82 Å². The minimum absolute atomic E-state index is 0.407. The number of hydrogen-bond acceptors (Lipinski definition) is 2. The summed E-state index contributed by atoms with van der Waals surface area (Å²) in [5, 5.41) is 0. The lowest BCUT2D eigenvalue weighted by Gasteiger charge is -2.02. The van der Waals surface area contributed by atoms with Gasteiger partial charge in [0, 0.05) is 18.3 Å². The Kier molecular flexibility index (Phi) is 1.42. The maximum Gasteiger partial charge on any atom is 0.129 e. The average molecular weight is 125 g/mol. The molecule has 0 aliphatic heterocycles. The highest BCUT2D eigenvalue weighted by molar-refractivity contribution is 4.96. The van der Waals surface area contributed by atoms with Gasteiger partial charge in [0.15, 0.2) is 0 Å². The predicted octanol–water partition coefficient (Wildman–Crippen LogP) is 0.720. The van der Waals surface area contributed by atoms with Crippen molar-refractivity contribution in [3.05, 3.63) is 18.2 Å². The molecule has 1 aromatic heterocycles. The van der Waals surface area contributed by atoms with Crippen LogP contribution >= 0.6 is 0 Å². The lowest BCUT2D eigenvalue weighted by Crippen LogP contribution is -2.12. The van der Waals surface area contributed by atoms with Gasteiger partial charge in [-0.15, -0.1) is 0 Å². The largest absolute Gasteiger partial charge is 0.338 e. The molecule has 1 heterocycles. The number of hydrogen-bond donors (Lipinski definition) is 1. The van der Waals surface area contributed by atoms with E-state index in [-0.39, 0.29) is 0 Å². The maximum absolute atomic E-state index is 5.50. The molecule has 0 radical (unpaired) electrons. The number of aromatic nitrogens is 2. The Morgan fingerprint density at radius 3 is 2.56 bits per heavy atom. The van der Waals surface area contributed by atoms with Crippen LogP contribution in [-0.2, 0) is 0 Å². The van der Waals surface area contributed by atoms with Crippen LogP contribution in [0, 0.1) is 0 Å². The Balaban J connectivity index is 2.94. The molecule has 1 aromatic rings. The van der Waals surface area contributed by atoms with Crippen molar-refractivity contribution >= 4 is 0 Å². The molecule has 1 rings (SSSR count). The summed E-state index contributed by atoms with van der Waals surface area (Å²) in [7, 11) is 0. The van der Waals surface area contributed by atoms with Crippen LogP contribution in [0.15, 0.2) is 12.4 Å². The summed E-state index contributed by atoms with van der Waals surface area (Å²) in [4.78, 5) is 4.05. The van der Waals surface area contributed by atoms with Crippen molar-refractivity contribution in [2.24, 2.45) is 0 Å². The SMILES string of the molecule is CC(C)c1nccn1N. The second kappa shape index (κ2) is 2.09. The number of nitrogens with two attached hydrogens (primary N) is 1. The van der Waals surface area contributed by atoms with E-state index in [4.69, 9.17) is 5.84 Å². The summed E-state index contributed by atoms with van der Waals surface area (Å²) in [5.74, 6) is 6.83. The highest BCUT2D eigenvalue weighted by Crippen LogP contribution is 2.07. The third kappa shape index (κ3) is 1.04. The quantitative estimate of drug-likeness (QED) is 0.562. The Hall–Kier alpha value is -0.990. The first-order chi connectivity index (χ1) is 4.22. The van der Waals surface area contributed by atoms with Gasteiger partial charge in [-0.2, -0.15) is 0 Å². The zero-order valence-electron chi connectivity index (χ0n) is 5.70. The van der Waals surface area contributed by atoms with E-state index in [1.54, 1.807) is 17.1 Å². The van der Waals surface area contributed by atoms with Gasteiger partial charge < -0.3 is 5.84 Å². The van der Waals surface area contributed by atoms with Gasteiger partial charge >= 0.3 is 0 Å². The summed E-state index contributed by atoms with van der Waals surface area (Å²) >= 11 is 0. The second-order valence-electron chi connectivity index (χ2n) is 2.35. The highest BCUT2D eigenvalue weighted by Gasteiger charge is 2.02. The van der Waals surface area contributed by atoms with E-state index in [2.05, 4.69) is 18.8 Å². The Labute approximate surface area is 54.5 Å². The summed E-state index contributed by atoms with van der Waals surface area (Å²) in [6.45, 7) is 4.12. The Morgan fingerprint density at radius 1 is 1.67 bits per heavy atom. The molecule has 0 aliphatic rings. The van der Waals surface area contributed by atoms with Crippen molar-refractivity contribution in [1.29, 1.82) is 0 Å². The molecule has 0 amide bonds. The van der Waals surface area contributed by atoms with Crippen LogP contribution in [0.1, 0.15) is 25.6 Å². The van der Waals surface area contributed by atoms with E-state index >= 15 is 0 Å². The van der Waals surface area contributed by atoms with Gasteiger partial charge in [0.05, 0.1) is 0 Å². The van der Waals surface area contributed by atoms with Crippen molar-refractivity contribution in [3.8, 4) is 0 Å². The normalized spacial score (nSPS) is 10.6. The van der Waals surface area contributed by atoms with Crippen molar-refractivity contribution < 1.29 is 0 Å². The molecule has 0 fully saturated rings. The fraction of sp³-hybridized carbons (Fsp3) is 0.500. The number of nitrogens with zero attached hydrogens (tertiary/aromatic N) is 2. The molecular formula is C6H11N3.